The molecule has 26 heavy (non-hydrogen) atoms. The zero-order valence-electron chi connectivity index (χ0n) is 14.3. The highest BCUT2D eigenvalue weighted by Gasteiger charge is 2.17. The number of carbonyl (C=O) groups is 1. The van der Waals surface area contributed by atoms with Crippen molar-refractivity contribution in [1.82, 2.24) is 15.1 Å². The van der Waals surface area contributed by atoms with Crippen LogP contribution in [0.5, 0.6) is 0 Å². The monoisotopic (exact) mass is 357 g/mol. The second-order valence-corrected chi connectivity index (χ2v) is 6.05. The number of benzene rings is 2. The minimum absolute atomic E-state index is 0.0677. The molecule has 134 valence electrons. The number of hydrogen-bond acceptors (Lipinski definition) is 3. The van der Waals surface area contributed by atoms with Gasteiger partial charge in [0, 0.05) is 24.1 Å². The van der Waals surface area contributed by atoms with Crippen LogP contribution in [0.3, 0.4) is 0 Å². The van der Waals surface area contributed by atoms with E-state index in [0.29, 0.717) is 16.5 Å². The van der Waals surface area contributed by atoms with Crippen LogP contribution in [-0.2, 0) is 18.3 Å². The average molecular weight is 357 g/mol. The van der Waals surface area contributed by atoms with E-state index < -0.39 is 17.7 Å². The zero-order valence-corrected chi connectivity index (χ0v) is 14.3. The summed E-state index contributed by atoms with van der Waals surface area (Å²) in [5.41, 5.74) is 0.400. The number of amides is 1. The maximum absolute atomic E-state index is 13.8. The second kappa shape index (κ2) is 7.03. The van der Waals surface area contributed by atoms with Crippen molar-refractivity contribution >= 4 is 16.7 Å². The number of rotatable bonds is 4. The van der Waals surface area contributed by atoms with Crippen molar-refractivity contribution in [3.63, 3.8) is 0 Å². The molecular formula is C19H17F2N3O2. The first-order chi connectivity index (χ1) is 12.4. The molecule has 0 radical (unpaired) electrons. The number of aromatic nitrogens is 2. The first kappa shape index (κ1) is 17.7. The van der Waals surface area contributed by atoms with Crippen molar-refractivity contribution < 1.29 is 13.6 Å². The van der Waals surface area contributed by atoms with Crippen LogP contribution in [0.1, 0.15) is 24.2 Å². The lowest BCUT2D eigenvalue weighted by atomic mass is 10.1. The lowest BCUT2D eigenvalue weighted by Crippen LogP contribution is -2.30. The molecule has 1 atom stereocenters. The van der Waals surface area contributed by atoms with E-state index in [0.717, 1.165) is 12.1 Å². The van der Waals surface area contributed by atoms with Crippen molar-refractivity contribution in [1.29, 1.82) is 0 Å². The normalized spacial score (nSPS) is 12.2. The molecule has 1 aromatic heterocycles. The van der Waals surface area contributed by atoms with Crippen molar-refractivity contribution in [3.05, 3.63) is 75.7 Å². The van der Waals surface area contributed by atoms with E-state index in [9.17, 15) is 18.4 Å². The van der Waals surface area contributed by atoms with Gasteiger partial charge in [-0.25, -0.2) is 13.5 Å². The van der Waals surface area contributed by atoms with Crippen molar-refractivity contribution in [2.75, 3.05) is 0 Å². The first-order valence-electron chi connectivity index (χ1n) is 8.06. The van der Waals surface area contributed by atoms with Gasteiger partial charge >= 0.3 is 0 Å². The van der Waals surface area contributed by atoms with E-state index in [1.165, 1.54) is 17.8 Å². The maximum atomic E-state index is 13.8. The third kappa shape index (κ3) is 3.46. The summed E-state index contributed by atoms with van der Waals surface area (Å²) in [7, 11) is 1.52. The highest BCUT2D eigenvalue weighted by molar-refractivity contribution is 5.88. The third-order valence-electron chi connectivity index (χ3n) is 4.17. The number of fused-ring (bicyclic) bond motifs is 1. The molecule has 0 aliphatic carbocycles. The molecule has 0 saturated heterocycles. The molecule has 5 nitrogen and oxygen atoms in total. The quantitative estimate of drug-likeness (QED) is 0.781. The van der Waals surface area contributed by atoms with Crippen LogP contribution in [0.25, 0.3) is 10.8 Å². The van der Waals surface area contributed by atoms with Gasteiger partial charge in [-0.15, -0.1) is 0 Å². The van der Waals surface area contributed by atoms with Gasteiger partial charge in [0.2, 0.25) is 5.91 Å². The van der Waals surface area contributed by atoms with Crippen LogP contribution in [-0.4, -0.2) is 15.7 Å². The van der Waals surface area contributed by atoms with Gasteiger partial charge in [-0.3, -0.25) is 9.59 Å². The molecule has 0 bridgehead atoms. The molecule has 3 rings (SSSR count). The van der Waals surface area contributed by atoms with Crippen LogP contribution in [0.4, 0.5) is 8.78 Å². The van der Waals surface area contributed by atoms with Gasteiger partial charge in [0.05, 0.1) is 23.5 Å². The van der Waals surface area contributed by atoms with Crippen LogP contribution >= 0.6 is 0 Å². The van der Waals surface area contributed by atoms with E-state index in [1.807, 2.05) is 0 Å². The van der Waals surface area contributed by atoms with Crippen molar-refractivity contribution in [3.8, 4) is 0 Å². The fraction of sp³-hybridized carbons (Fsp3) is 0.211. The van der Waals surface area contributed by atoms with E-state index in [4.69, 9.17) is 0 Å². The van der Waals surface area contributed by atoms with Crippen LogP contribution in [0, 0.1) is 11.6 Å². The molecule has 3 aromatic rings. The van der Waals surface area contributed by atoms with Crippen LogP contribution in [0.2, 0.25) is 0 Å². The fourth-order valence-corrected chi connectivity index (χ4v) is 2.88. The summed E-state index contributed by atoms with van der Waals surface area (Å²) in [5, 5.41) is 7.93. The molecule has 2 aromatic carbocycles. The van der Waals surface area contributed by atoms with E-state index in [2.05, 4.69) is 10.4 Å². The summed E-state index contributed by atoms with van der Waals surface area (Å²) in [5.74, 6) is -1.77. The van der Waals surface area contributed by atoms with Crippen molar-refractivity contribution in [2.45, 2.75) is 19.4 Å². The molecule has 7 heteroatoms. The largest absolute Gasteiger partial charge is 0.349 e. The molecule has 1 amide bonds. The zero-order chi connectivity index (χ0) is 18.8. The Morgan fingerprint density at radius 3 is 2.58 bits per heavy atom. The molecule has 1 N–H and O–H groups in total. The summed E-state index contributed by atoms with van der Waals surface area (Å²) < 4.78 is 28.0. The topological polar surface area (TPSA) is 64.0 Å². The molecule has 0 aliphatic rings. The van der Waals surface area contributed by atoms with Gasteiger partial charge in [-0.05, 0) is 19.1 Å². The molecule has 0 aliphatic heterocycles. The molecule has 0 fully saturated rings. The lowest BCUT2D eigenvalue weighted by molar-refractivity contribution is -0.121. The van der Waals surface area contributed by atoms with Crippen molar-refractivity contribution in [2.24, 2.45) is 7.05 Å². The van der Waals surface area contributed by atoms with E-state index >= 15 is 0 Å². The Morgan fingerprint density at radius 1 is 1.19 bits per heavy atom. The summed E-state index contributed by atoms with van der Waals surface area (Å²) in [4.78, 5) is 24.5. The lowest BCUT2D eigenvalue weighted by Gasteiger charge is -2.15. The first-order valence-corrected chi connectivity index (χ1v) is 8.06. The van der Waals surface area contributed by atoms with Crippen LogP contribution < -0.4 is 10.9 Å². The van der Waals surface area contributed by atoms with Gasteiger partial charge < -0.3 is 5.32 Å². The Labute approximate surface area is 148 Å². The average Bonchev–Trinajstić information content (AvgIpc) is 2.59. The highest BCUT2D eigenvalue weighted by Crippen LogP contribution is 2.18. The smallest absolute Gasteiger partial charge is 0.274 e. The van der Waals surface area contributed by atoms with Gasteiger partial charge in [-0.1, -0.05) is 24.3 Å². The number of hydrogen-bond donors (Lipinski definition) is 1. The Morgan fingerprint density at radius 2 is 1.88 bits per heavy atom. The predicted octanol–water partition coefficient (Wildman–Crippen LogP) is 2.63. The Bertz CT molecular complexity index is 1050. The second-order valence-electron chi connectivity index (χ2n) is 6.05. The minimum Gasteiger partial charge on any atom is -0.349 e. The highest BCUT2D eigenvalue weighted by atomic mass is 19.1. The molecule has 1 heterocycles. The third-order valence-corrected chi connectivity index (χ3v) is 4.17. The minimum atomic E-state index is -0.719. The number of nitrogens with zero attached hydrogens (tertiary/aromatic N) is 2. The maximum Gasteiger partial charge on any atom is 0.274 e. The number of nitrogens with one attached hydrogen (secondary N) is 1. The number of carbonyl (C=O) groups excluding carboxylic acids is 1. The van der Waals surface area contributed by atoms with Gasteiger partial charge in [0.25, 0.3) is 5.56 Å². The molecular weight excluding hydrogens is 340 g/mol. The Hall–Kier alpha value is -3.09. The van der Waals surface area contributed by atoms with E-state index in [1.54, 1.807) is 31.2 Å². The van der Waals surface area contributed by atoms with Gasteiger partial charge in [0.15, 0.2) is 0 Å². The molecule has 0 saturated carbocycles. The summed E-state index contributed by atoms with van der Waals surface area (Å²) in [6.45, 7) is 1.61. The summed E-state index contributed by atoms with van der Waals surface area (Å²) in [6, 6.07) is 9.50. The SMILES string of the molecule is C[C@@H](NC(=O)Cc1nn(C)c(=O)c2ccccc12)c1ccc(F)cc1F. The molecule has 0 unspecified atom stereocenters. The van der Waals surface area contributed by atoms with E-state index in [-0.39, 0.29) is 23.5 Å². The predicted molar refractivity (Wildman–Crippen MR) is 93.6 cm³/mol. The summed E-state index contributed by atoms with van der Waals surface area (Å²) >= 11 is 0. The Kier molecular flexibility index (Phi) is 4.79. The Balaban J connectivity index is 1.83. The molecule has 0 spiro atoms. The standard InChI is InChI=1S/C19H17F2N3O2/c1-11(13-8-7-12(20)9-16(13)21)22-18(25)10-17-14-5-3-4-6-15(14)19(26)24(2)23-17/h3-9,11H,10H2,1-2H3,(H,22,25)/t11-/m1/s1. The van der Waals surface area contributed by atoms with Gasteiger partial charge in [-0.2, -0.15) is 5.10 Å². The number of aryl methyl sites for hydroxylation is 1. The van der Waals surface area contributed by atoms with Gasteiger partial charge in [0.1, 0.15) is 11.6 Å². The summed E-state index contributed by atoms with van der Waals surface area (Å²) in [6.07, 6.45) is -0.0677. The fourth-order valence-electron chi connectivity index (χ4n) is 2.88. The van der Waals surface area contributed by atoms with Crippen LogP contribution in [0.15, 0.2) is 47.3 Å². The number of halogens is 2.